The Kier molecular flexibility index (Phi) is 4.00. The largest absolute Gasteiger partial charge is 0.490 e. The summed E-state index contributed by atoms with van der Waals surface area (Å²) in [7, 11) is 0. The standard InChI is InChI=1S/C16H19NO/c1-12(2)18-16-10-13(11-17)8-9-15(16)14-6-4-3-5-7-14/h3-10,12H,11,17H2,1-2H3. The average molecular weight is 241 g/mol. The van der Waals surface area contributed by atoms with Crippen LogP contribution in [-0.2, 0) is 6.54 Å². The lowest BCUT2D eigenvalue weighted by Gasteiger charge is -2.15. The molecule has 2 aromatic carbocycles. The van der Waals surface area contributed by atoms with Gasteiger partial charge in [0.2, 0.25) is 0 Å². The van der Waals surface area contributed by atoms with E-state index in [0.717, 1.165) is 22.4 Å². The Hall–Kier alpha value is -1.80. The maximum absolute atomic E-state index is 5.89. The Balaban J connectivity index is 2.46. The minimum Gasteiger partial charge on any atom is -0.490 e. The molecule has 94 valence electrons. The summed E-state index contributed by atoms with van der Waals surface area (Å²) in [5.41, 5.74) is 9.05. The molecule has 0 radical (unpaired) electrons. The van der Waals surface area contributed by atoms with Gasteiger partial charge in [0.15, 0.2) is 0 Å². The molecule has 0 spiro atoms. The van der Waals surface area contributed by atoms with Crippen LogP contribution in [0.1, 0.15) is 19.4 Å². The van der Waals surface area contributed by atoms with Crippen LogP contribution in [-0.4, -0.2) is 6.10 Å². The Morgan fingerprint density at radius 2 is 1.78 bits per heavy atom. The molecule has 0 fully saturated rings. The van der Waals surface area contributed by atoms with Gasteiger partial charge < -0.3 is 10.5 Å². The third-order valence-corrected chi connectivity index (χ3v) is 2.73. The predicted octanol–water partition coefficient (Wildman–Crippen LogP) is 3.60. The number of nitrogens with two attached hydrogens (primary N) is 1. The van der Waals surface area contributed by atoms with Crippen LogP contribution >= 0.6 is 0 Å². The lowest BCUT2D eigenvalue weighted by atomic mass is 10.0. The van der Waals surface area contributed by atoms with Crippen molar-refractivity contribution in [1.29, 1.82) is 0 Å². The normalized spacial score (nSPS) is 10.7. The number of hydrogen-bond donors (Lipinski definition) is 1. The molecule has 2 rings (SSSR count). The first-order chi connectivity index (χ1) is 8.70. The fourth-order valence-electron chi connectivity index (χ4n) is 1.90. The first-order valence-electron chi connectivity index (χ1n) is 6.26. The van der Waals surface area contributed by atoms with E-state index < -0.39 is 0 Å². The Morgan fingerprint density at radius 1 is 1.06 bits per heavy atom. The lowest BCUT2D eigenvalue weighted by Crippen LogP contribution is -2.07. The van der Waals surface area contributed by atoms with E-state index in [2.05, 4.69) is 24.3 Å². The average Bonchev–Trinajstić information content (AvgIpc) is 2.39. The van der Waals surface area contributed by atoms with Gasteiger partial charge in [-0.25, -0.2) is 0 Å². The van der Waals surface area contributed by atoms with Gasteiger partial charge in [0.05, 0.1) is 6.10 Å². The van der Waals surface area contributed by atoms with Crippen molar-refractivity contribution in [3.63, 3.8) is 0 Å². The van der Waals surface area contributed by atoms with Gasteiger partial charge in [0.25, 0.3) is 0 Å². The van der Waals surface area contributed by atoms with Crippen molar-refractivity contribution in [3.8, 4) is 16.9 Å². The molecule has 0 aliphatic rings. The molecule has 0 bridgehead atoms. The molecule has 0 aliphatic carbocycles. The molecule has 0 amide bonds. The monoisotopic (exact) mass is 241 g/mol. The Morgan fingerprint density at radius 3 is 2.39 bits per heavy atom. The van der Waals surface area contributed by atoms with Crippen molar-refractivity contribution >= 4 is 0 Å². The number of ether oxygens (including phenoxy) is 1. The minimum atomic E-state index is 0.153. The first-order valence-corrected chi connectivity index (χ1v) is 6.26. The van der Waals surface area contributed by atoms with Crippen LogP contribution in [0, 0.1) is 0 Å². The van der Waals surface area contributed by atoms with Crippen LogP contribution in [0.3, 0.4) is 0 Å². The molecule has 0 heterocycles. The van der Waals surface area contributed by atoms with Crippen LogP contribution in [0.4, 0.5) is 0 Å². The van der Waals surface area contributed by atoms with Crippen molar-refractivity contribution in [1.82, 2.24) is 0 Å². The van der Waals surface area contributed by atoms with Gasteiger partial charge in [-0.1, -0.05) is 42.5 Å². The van der Waals surface area contributed by atoms with Crippen LogP contribution < -0.4 is 10.5 Å². The number of benzene rings is 2. The van der Waals surface area contributed by atoms with Crippen LogP contribution in [0.15, 0.2) is 48.5 Å². The predicted molar refractivity (Wildman–Crippen MR) is 75.5 cm³/mol. The summed E-state index contributed by atoms with van der Waals surface area (Å²) in [6.45, 7) is 4.59. The van der Waals surface area contributed by atoms with Crippen molar-refractivity contribution in [2.75, 3.05) is 0 Å². The second-order valence-corrected chi connectivity index (χ2v) is 4.57. The van der Waals surface area contributed by atoms with Gasteiger partial charge >= 0.3 is 0 Å². The van der Waals surface area contributed by atoms with Crippen molar-refractivity contribution < 1.29 is 4.74 Å². The van der Waals surface area contributed by atoms with Crippen molar-refractivity contribution in [2.45, 2.75) is 26.5 Å². The highest BCUT2D eigenvalue weighted by Crippen LogP contribution is 2.31. The van der Waals surface area contributed by atoms with Gasteiger partial charge in [0.1, 0.15) is 5.75 Å². The molecule has 0 atom stereocenters. The van der Waals surface area contributed by atoms with E-state index in [1.807, 2.05) is 38.1 Å². The highest BCUT2D eigenvalue weighted by atomic mass is 16.5. The summed E-state index contributed by atoms with van der Waals surface area (Å²) in [4.78, 5) is 0. The summed E-state index contributed by atoms with van der Waals surface area (Å²) in [5, 5.41) is 0. The third-order valence-electron chi connectivity index (χ3n) is 2.73. The minimum absolute atomic E-state index is 0.153. The summed E-state index contributed by atoms with van der Waals surface area (Å²) in [5.74, 6) is 0.902. The first kappa shape index (κ1) is 12.7. The van der Waals surface area contributed by atoms with Gasteiger partial charge in [-0.2, -0.15) is 0 Å². The van der Waals surface area contributed by atoms with E-state index in [9.17, 15) is 0 Å². The van der Waals surface area contributed by atoms with E-state index in [-0.39, 0.29) is 6.10 Å². The Bertz CT molecular complexity index is 506. The van der Waals surface area contributed by atoms with E-state index in [1.54, 1.807) is 0 Å². The lowest BCUT2D eigenvalue weighted by molar-refractivity contribution is 0.243. The zero-order chi connectivity index (χ0) is 13.0. The quantitative estimate of drug-likeness (QED) is 0.887. The molecule has 2 aromatic rings. The second-order valence-electron chi connectivity index (χ2n) is 4.57. The Labute approximate surface area is 108 Å². The van der Waals surface area contributed by atoms with Gasteiger partial charge in [-0.3, -0.25) is 0 Å². The molecule has 2 nitrogen and oxygen atoms in total. The molecular weight excluding hydrogens is 222 g/mol. The molecule has 2 N–H and O–H groups in total. The fourth-order valence-corrected chi connectivity index (χ4v) is 1.90. The SMILES string of the molecule is CC(C)Oc1cc(CN)ccc1-c1ccccc1. The second kappa shape index (κ2) is 5.69. The topological polar surface area (TPSA) is 35.2 Å². The van der Waals surface area contributed by atoms with Crippen molar-refractivity contribution in [2.24, 2.45) is 5.73 Å². The maximum Gasteiger partial charge on any atom is 0.127 e. The summed E-state index contributed by atoms with van der Waals surface area (Å²) < 4.78 is 5.89. The van der Waals surface area contributed by atoms with Crippen LogP contribution in [0.25, 0.3) is 11.1 Å². The number of hydrogen-bond acceptors (Lipinski definition) is 2. The summed E-state index contributed by atoms with van der Waals surface area (Å²) in [6, 6.07) is 16.4. The smallest absolute Gasteiger partial charge is 0.127 e. The molecule has 2 heteroatoms. The molecule has 0 saturated heterocycles. The number of rotatable bonds is 4. The highest BCUT2D eigenvalue weighted by molar-refractivity contribution is 5.70. The molecule has 0 aromatic heterocycles. The zero-order valence-corrected chi connectivity index (χ0v) is 10.9. The molecular formula is C16H19NO. The summed E-state index contributed by atoms with van der Waals surface area (Å²) in [6.07, 6.45) is 0.153. The van der Waals surface area contributed by atoms with E-state index >= 15 is 0 Å². The van der Waals surface area contributed by atoms with Crippen LogP contribution in [0.5, 0.6) is 5.75 Å². The van der Waals surface area contributed by atoms with Crippen LogP contribution in [0.2, 0.25) is 0 Å². The molecule has 18 heavy (non-hydrogen) atoms. The van der Waals surface area contributed by atoms with Crippen molar-refractivity contribution in [3.05, 3.63) is 54.1 Å². The summed E-state index contributed by atoms with van der Waals surface area (Å²) >= 11 is 0. The highest BCUT2D eigenvalue weighted by Gasteiger charge is 2.08. The maximum atomic E-state index is 5.89. The zero-order valence-electron chi connectivity index (χ0n) is 10.9. The molecule has 0 unspecified atom stereocenters. The molecule has 0 aliphatic heterocycles. The van der Waals surface area contributed by atoms with E-state index in [0.29, 0.717) is 6.54 Å². The van der Waals surface area contributed by atoms with Gasteiger partial charge in [-0.05, 0) is 31.0 Å². The third kappa shape index (κ3) is 2.90. The fraction of sp³-hybridized carbons (Fsp3) is 0.250. The van der Waals surface area contributed by atoms with E-state index in [4.69, 9.17) is 10.5 Å². The molecule has 0 saturated carbocycles. The van der Waals surface area contributed by atoms with Gasteiger partial charge in [0, 0.05) is 12.1 Å². The van der Waals surface area contributed by atoms with Gasteiger partial charge in [-0.15, -0.1) is 0 Å². The van der Waals surface area contributed by atoms with E-state index in [1.165, 1.54) is 0 Å².